The average Bonchev–Trinajstić information content (AvgIpc) is 2.82. The topological polar surface area (TPSA) is 59.2 Å². The fraction of sp³-hybridized carbons (Fsp3) is 0.385. The highest BCUT2D eigenvalue weighted by Gasteiger charge is 2.25. The highest BCUT2D eigenvalue weighted by Crippen LogP contribution is 2.33. The molecule has 0 bridgehead atoms. The number of nitrogens with zero attached hydrogens (tertiary/aromatic N) is 2. The molecule has 2 aromatic rings. The lowest BCUT2D eigenvalue weighted by atomic mass is 9.92. The maximum absolute atomic E-state index is 11.1. The summed E-state index contributed by atoms with van der Waals surface area (Å²) < 4.78 is 5.84. The predicted octanol–water partition coefficient (Wildman–Crippen LogP) is 2.55. The van der Waals surface area contributed by atoms with Gasteiger partial charge in [-0.05, 0) is 30.4 Å². The normalized spacial score (nSPS) is 17.2. The van der Waals surface area contributed by atoms with Crippen molar-refractivity contribution in [3.05, 3.63) is 30.0 Å². The van der Waals surface area contributed by atoms with Gasteiger partial charge in [-0.1, -0.05) is 18.2 Å². The van der Waals surface area contributed by atoms with Crippen LogP contribution in [0.5, 0.6) is 0 Å². The molecule has 1 aliphatic heterocycles. The van der Waals surface area contributed by atoms with Gasteiger partial charge in [0.1, 0.15) is 0 Å². The molecule has 4 nitrogen and oxygen atoms in total. The highest BCUT2D eigenvalue weighted by atomic mass is 32.1. The van der Waals surface area contributed by atoms with Crippen molar-refractivity contribution < 1.29 is 4.79 Å². The summed E-state index contributed by atoms with van der Waals surface area (Å²) in [7, 11) is 0. The van der Waals surface area contributed by atoms with Crippen molar-refractivity contribution in [3.8, 4) is 0 Å². The molecular formula is C13H15N3OS. The molecule has 2 N–H and O–H groups in total. The summed E-state index contributed by atoms with van der Waals surface area (Å²) in [5.41, 5.74) is 6.49. The number of carbonyl (C=O) groups is 1. The number of aromatic nitrogens is 1. The largest absolute Gasteiger partial charge is 0.351 e. The number of amides is 2. The fourth-order valence-electron chi connectivity index (χ4n) is 2.57. The molecule has 0 unspecified atom stereocenters. The quantitative estimate of drug-likeness (QED) is 0.857. The lowest BCUT2D eigenvalue weighted by Crippen LogP contribution is -2.41. The lowest BCUT2D eigenvalue weighted by molar-refractivity contribution is 0.190. The molecule has 0 atom stereocenters. The third-order valence-corrected chi connectivity index (χ3v) is 4.44. The Bertz CT molecular complexity index is 572. The van der Waals surface area contributed by atoms with Gasteiger partial charge in [0, 0.05) is 24.4 Å². The second-order valence-corrected chi connectivity index (χ2v) is 5.47. The van der Waals surface area contributed by atoms with Crippen LogP contribution in [-0.4, -0.2) is 28.4 Å². The van der Waals surface area contributed by atoms with Crippen LogP contribution in [0.25, 0.3) is 10.1 Å². The van der Waals surface area contributed by atoms with Crippen LogP contribution in [0.2, 0.25) is 0 Å². The molecule has 3 rings (SSSR count). The minimum absolute atomic E-state index is 0.309. The van der Waals surface area contributed by atoms with Gasteiger partial charge in [-0.15, -0.1) is 0 Å². The minimum atomic E-state index is -0.309. The van der Waals surface area contributed by atoms with Crippen LogP contribution in [-0.2, 0) is 0 Å². The number of carbonyl (C=O) groups excluding carboxylic acids is 1. The first-order chi connectivity index (χ1) is 8.75. The van der Waals surface area contributed by atoms with Crippen molar-refractivity contribution in [1.82, 2.24) is 9.27 Å². The van der Waals surface area contributed by atoms with E-state index in [2.05, 4.69) is 22.6 Å². The summed E-state index contributed by atoms with van der Waals surface area (Å²) >= 11 is 1.56. The van der Waals surface area contributed by atoms with Crippen molar-refractivity contribution in [2.45, 2.75) is 18.8 Å². The number of benzene rings is 1. The van der Waals surface area contributed by atoms with Gasteiger partial charge in [0.25, 0.3) is 0 Å². The monoisotopic (exact) mass is 261 g/mol. The second-order valence-electron chi connectivity index (χ2n) is 4.66. The Morgan fingerprint density at radius 1 is 1.33 bits per heavy atom. The fourth-order valence-corrected chi connectivity index (χ4v) is 3.43. The number of nitrogens with two attached hydrogens (primary N) is 1. The molecular weight excluding hydrogens is 246 g/mol. The number of piperidine rings is 1. The molecule has 1 fully saturated rings. The summed E-state index contributed by atoms with van der Waals surface area (Å²) in [5, 5.41) is 1.26. The Hall–Kier alpha value is -1.62. The first kappa shape index (κ1) is 11.5. The van der Waals surface area contributed by atoms with Gasteiger partial charge >= 0.3 is 6.03 Å². The van der Waals surface area contributed by atoms with E-state index in [1.54, 1.807) is 16.4 Å². The van der Waals surface area contributed by atoms with E-state index in [-0.39, 0.29) is 6.03 Å². The summed E-state index contributed by atoms with van der Waals surface area (Å²) in [6.45, 7) is 1.48. The number of likely N-dealkylation sites (tertiary alicyclic amines) is 1. The Labute approximate surface area is 110 Å². The molecule has 1 aliphatic rings. The van der Waals surface area contributed by atoms with E-state index in [0.717, 1.165) is 25.9 Å². The highest BCUT2D eigenvalue weighted by molar-refractivity contribution is 7.13. The molecule has 94 valence electrons. The summed E-state index contributed by atoms with van der Waals surface area (Å²) in [6.07, 6.45) is 1.91. The van der Waals surface area contributed by atoms with E-state index in [1.165, 1.54) is 15.8 Å². The molecule has 0 radical (unpaired) electrons. The molecule has 1 saturated heterocycles. The van der Waals surface area contributed by atoms with Gasteiger partial charge in [-0.3, -0.25) is 0 Å². The first-order valence-electron chi connectivity index (χ1n) is 6.14. The van der Waals surface area contributed by atoms with Gasteiger partial charge in [0.2, 0.25) is 0 Å². The minimum Gasteiger partial charge on any atom is -0.351 e. The first-order valence-corrected chi connectivity index (χ1v) is 6.92. The summed E-state index contributed by atoms with van der Waals surface area (Å²) in [6, 6.07) is 8.03. The van der Waals surface area contributed by atoms with E-state index in [1.807, 2.05) is 6.07 Å². The zero-order chi connectivity index (χ0) is 12.5. The standard InChI is InChI=1S/C13H15N3OS/c14-13(17)16-7-5-9(6-8-16)12-10-3-1-2-4-11(10)18-15-12/h1-4,9H,5-8H2,(H2,14,17). The molecule has 0 spiro atoms. The van der Waals surface area contributed by atoms with Crippen LogP contribution in [0.1, 0.15) is 24.5 Å². The van der Waals surface area contributed by atoms with Crippen LogP contribution in [0, 0.1) is 0 Å². The number of hydrogen-bond acceptors (Lipinski definition) is 3. The van der Waals surface area contributed by atoms with Crippen LogP contribution < -0.4 is 5.73 Å². The number of primary amides is 1. The second kappa shape index (κ2) is 4.57. The Balaban J connectivity index is 1.82. The molecule has 18 heavy (non-hydrogen) atoms. The molecule has 1 aromatic heterocycles. The van der Waals surface area contributed by atoms with E-state index >= 15 is 0 Å². The molecule has 2 heterocycles. The van der Waals surface area contributed by atoms with Crippen LogP contribution in [0.4, 0.5) is 4.79 Å². The van der Waals surface area contributed by atoms with E-state index in [0.29, 0.717) is 5.92 Å². The molecule has 0 aliphatic carbocycles. The van der Waals surface area contributed by atoms with E-state index in [4.69, 9.17) is 5.73 Å². The van der Waals surface area contributed by atoms with Crippen molar-refractivity contribution in [1.29, 1.82) is 0 Å². The maximum atomic E-state index is 11.1. The van der Waals surface area contributed by atoms with Gasteiger partial charge < -0.3 is 10.6 Å². The maximum Gasteiger partial charge on any atom is 0.314 e. The van der Waals surface area contributed by atoms with Gasteiger partial charge in [0.15, 0.2) is 0 Å². The summed E-state index contributed by atoms with van der Waals surface area (Å²) in [4.78, 5) is 12.8. The van der Waals surface area contributed by atoms with Crippen molar-refractivity contribution in [2.24, 2.45) is 5.73 Å². The molecule has 5 heteroatoms. The van der Waals surface area contributed by atoms with Crippen LogP contribution in [0.3, 0.4) is 0 Å². The van der Waals surface area contributed by atoms with Crippen molar-refractivity contribution in [2.75, 3.05) is 13.1 Å². The number of urea groups is 1. The van der Waals surface area contributed by atoms with Gasteiger partial charge in [-0.2, -0.15) is 4.37 Å². The molecule has 0 saturated carbocycles. The Morgan fingerprint density at radius 2 is 2.06 bits per heavy atom. The molecule has 1 aromatic carbocycles. The van der Waals surface area contributed by atoms with Gasteiger partial charge in [0.05, 0.1) is 10.4 Å². The predicted molar refractivity (Wildman–Crippen MR) is 72.8 cm³/mol. The zero-order valence-electron chi connectivity index (χ0n) is 10.0. The third kappa shape index (κ3) is 1.95. The smallest absolute Gasteiger partial charge is 0.314 e. The van der Waals surface area contributed by atoms with Crippen LogP contribution >= 0.6 is 11.5 Å². The van der Waals surface area contributed by atoms with E-state index in [9.17, 15) is 4.79 Å². The molecule has 2 amide bonds. The number of rotatable bonds is 1. The Kier molecular flexibility index (Phi) is 2.91. The third-order valence-electron chi connectivity index (χ3n) is 3.60. The Morgan fingerprint density at radius 3 is 2.78 bits per heavy atom. The van der Waals surface area contributed by atoms with Crippen molar-refractivity contribution >= 4 is 27.6 Å². The lowest BCUT2D eigenvalue weighted by Gasteiger charge is -2.30. The van der Waals surface area contributed by atoms with Crippen molar-refractivity contribution in [3.63, 3.8) is 0 Å². The number of hydrogen-bond donors (Lipinski definition) is 1. The zero-order valence-corrected chi connectivity index (χ0v) is 10.8. The van der Waals surface area contributed by atoms with Gasteiger partial charge in [-0.25, -0.2) is 4.79 Å². The van der Waals surface area contributed by atoms with E-state index < -0.39 is 0 Å². The summed E-state index contributed by atoms with van der Waals surface area (Å²) in [5.74, 6) is 0.455. The van der Waals surface area contributed by atoms with Crippen LogP contribution in [0.15, 0.2) is 24.3 Å². The average molecular weight is 261 g/mol. The number of fused-ring (bicyclic) bond motifs is 1. The SMILES string of the molecule is NC(=O)N1CCC(c2nsc3ccccc23)CC1.